The largest absolute Gasteiger partial charge is 0.616 e. The van der Waals surface area contributed by atoms with Crippen LogP contribution in [0.3, 0.4) is 0 Å². The lowest BCUT2D eigenvalue weighted by atomic mass is 9.84. The van der Waals surface area contributed by atoms with Crippen LogP contribution in [0.5, 0.6) is 0 Å². The van der Waals surface area contributed by atoms with Gasteiger partial charge in [0.25, 0.3) is 0 Å². The first kappa shape index (κ1) is 17.9. The van der Waals surface area contributed by atoms with E-state index in [9.17, 15) is 8.76 Å². The highest BCUT2D eigenvalue weighted by atomic mass is 32.2. The minimum Gasteiger partial charge on any atom is -0.616 e. The molecule has 5 unspecified atom stereocenters. The van der Waals surface area contributed by atoms with Gasteiger partial charge in [-0.05, 0) is 19.8 Å². The standard InChI is InChI=1S/C17H24O3S2/c1-5-14-10-17(4,20-22(19)12-14)8-6-7-15-9-16(2,3)13-21(18)11-15/h1,14-15H,8-13H2,2-4H3. The third-order valence-electron chi connectivity index (χ3n) is 4.05. The minimum atomic E-state index is -1.32. The van der Waals surface area contributed by atoms with Gasteiger partial charge in [0, 0.05) is 17.8 Å². The van der Waals surface area contributed by atoms with Crippen molar-refractivity contribution in [2.75, 3.05) is 17.3 Å². The van der Waals surface area contributed by atoms with Crippen LogP contribution in [-0.2, 0) is 26.4 Å². The van der Waals surface area contributed by atoms with E-state index in [0.717, 1.165) is 12.2 Å². The van der Waals surface area contributed by atoms with Gasteiger partial charge in [0.05, 0.1) is 17.3 Å². The highest BCUT2D eigenvalue weighted by Crippen LogP contribution is 2.34. The highest BCUT2D eigenvalue weighted by molar-refractivity contribution is 7.91. The second kappa shape index (κ2) is 6.97. The smallest absolute Gasteiger partial charge is 0.157 e. The van der Waals surface area contributed by atoms with Gasteiger partial charge in [0.1, 0.15) is 11.5 Å². The van der Waals surface area contributed by atoms with Gasteiger partial charge in [0.2, 0.25) is 0 Å². The molecule has 122 valence electrons. The molecule has 2 aliphatic heterocycles. The van der Waals surface area contributed by atoms with E-state index in [1.54, 1.807) is 0 Å². The Kier molecular flexibility index (Phi) is 5.67. The molecule has 0 bridgehead atoms. The van der Waals surface area contributed by atoms with Gasteiger partial charge in [0.15, 0.2) is 11.1 Å². The molecular formula is C17H24O3S2. The fourth-order valence-corrected chi connectivity index (χ4v) is 6.17. The second-order valence-electron chi connectivity index (χ2n) is 7.39. The van der Waals surface area contributed by atoms with Crippen LogP contribution in [0, 0.1) is 41.4 Å². The molecule has 0 aromatic rings. The maximum Gasteiger partial charge on any atom is 0.157 e. The lowest BCUT2D eigenvalue weighted by Gasteiger charge is -2.34. The molecule has 0 aliphatic carbocycles. The zero-order valence-corrected chi connectivity index (χ0v) is 15.1. The molecule has 5 heteroatoms. The zero-order valence-electron chi connectivity index (χ0n) is 13.5. The summed E-state index contributed by atoms with van der Waals surface area (Å²) in [6, 6.07) is 0. The van der Waals surface area contributed by atoms with Gasteiger partial charge in [-0.15, -0.1) is 12.3 Å². The van der Waals surface area contributed by atoms with Crippen molar-refractivity contribution in [3.8, 4) is 24.2 Å². The van der Waals surface area contributed by atoms with Crippen molar-refractivity contribution in [2.45, 2.75) is 45.6 Å². The Balaban J connectivity index is 1.98. The molecule has 0 radical (unpaired) electrons. The van der Waals surface area contributed by atoms with Gasteiger partial charge in [-0.3, -0.25) is 4.18 Å². The van der Waals surface area contributed by atoms with Gasteiger partial charge < -0.3 is 4.55 Å². The van der Waals surface area contributed by atoms with Crippen LogP contribution in [0.4, 0.5) is 0 Å². The summed E-state index contributed by atoms with van der Waals surface area (Å²) >= 11 is -2.10. The highest BCUT2D eigenvalue weighted by Gasteiger charge is 2.37. The SMILES string of the molecule is C#CC1CS(=O)OC(C)(CC#CC2C[S+]([O-])CC(C)(C)C2)C1. The van der Waals surface area contributed by atoms with Crippen molar-refractivity contribution in [3.63, 3.8) is 0 Å². The summed E-state index contributed by atoms with van der Waals surface area (Å²) in [7, 11) is 0. The zero-order chi connectivity index (χ0) is 16.4. The monoisotopic (exact) mass is 340 g/mol. The third kappa shape index (κ3) is 5.03. The van der Waals surface area contributed by atoms with E-state index in [-0.39, 0.29) is 17.3 Å². The van der Waals surface area contributed by atoms with Crippen LogP contribution in [0.25, 0.3) is 0 Å². The topological polar surface area (TPSA) is 49.4 Å². The quantitative estimate of drug-likeness (QED) is 0.543. The molecule has 5 atom stereocenters. The van der Waals surface area contributed by atoms with Crippen molar-refractivity contribution in [2.24, 2.45) is 17.3 Å². The Morgan fingerprint density at radius 3 is 2.73 bits per heavy atom. The van der Waals surface area contributed by atoms with Crippen molar-refractivity contribution < 1.29 is 12.9 Å². The summed E-state index contributed by atoms with van der Waals surface area (Å²) in [4.78, 5) is 0. The Bertz CT molecular complexity index is 540. The fraction of sp³-hybridized carbons (Fsp3) is 0.765. The molecule has 0 N–H and O–H groups in total. The number of hydrogen-bond acceptors (Lipinski definition) is 3. The predicted molar refractivity (Wildman–Crippen MR) is 91.6 cm³/mol. The van der Waals surface area contributed by atoms with Crippen LogP contribution in [0.15, 0.2) is 0 Å². The van der Waals surface area contributed by atoms with Gasteiger partial charge in [-0.1, -0.05) is 36.9 Å². The summed E-state index contributed by atoms with van der Waals surface area (Å²) in [5, 5.41) is 0. The average molecular weight is 341 g/mol. The summed E-state index contributed by atoms with van der Waals surface area (Å²) < 4.78 is 29.2. The summed E-state index contributed by atoms with van der Waals surface area (Å²) in [5.41, 5.74) is -0.458. The van der Waals surface area contributed by atoms with Crippen LogP contribution in [0.1, 0.15) is 40.0 Å². The minimum absolute atomic E-state index is 0.0116. The lowest BCUT2D eigenvalue weighted by molar-refractivity contribution is 0.0790. The Morgan fingerprint density at radius 1 is 1.36 bits per heavy atom. The third-order valence-corrected chi connectivity index (χ3v) is 7.19. The first-order chi connectivity index (χ1) is 10.2. The average Bonchev–Trinajstić information content (AvgIpc) is 2.34. The Morgan fingerprint density at radius 2 is 2.09 bits per heavy atom. The van der Waals surface area contributed by atoms with Crippen LogP contribution in [-0.4, -0.2) is 31.6 Å². The van der Waals surface area contributed by atoms with E-state index in [4.69, 9.17) is 10.6 Å². The first-order valence-corrected chi connectivity index (χ1v) is 10.3. The summed E-state index contributed by atoms with van der Waals surface area (Å²) in [5.74, 6) is 11.1. The van der Waals surface area contributed by atoms with Gasteiger partial charge in [-0.25, -0.2) is 4.21 Å². The van der Waals surface area contributed by atoms with E-state index >= 15 is 0 Å². The Labute approximate surface area is 139 Å². The molecule has 2 saturated heterocycles. The molecule has 22 heavy (non-hydrogen) atoms. The van der Waals surface area contributed by atoms with Crippen molar-refractivity contribution >= 4 is 22.3 Å². The van der Waals surface area contributed by atoms with Crippen LogP contribution >= 0.6 is 0 Å². The molecule has 3 nitrogen and oxygen atoms in total. The molecule has 0 spiro atoms. The molecule has 0 aromatic heterocycles. The first-order valence-electron chi connectivity index (χ1n) is 7.59. The van der Waals surface area contributed by atoms with E-state index in [0.29, 0.717) is 24.3 Å². The maximum absolute atomic E-state index is 11.9. The summed E-state index contributed by atoms with van der Waals surface area (Å²) in [6.07, 6.45) is 7.64. The Hall–Kier alpha value is -0.460. The van der Waals surface area contributed by atoms with E-state index in [1.807, 2.05) is 6.92 Å². The van der Waals surface area contributed by atoms with Crippen LogP contribution in [0.2, 0.25) is 0 Å². The molecule has 2 heterocycles. The van der Waals surface area contributed by atoms with Crippen molar-refractivity contribution in [1.82, 2.24) is 0 Å². The molecule has 2 aliphatic rings. The predicted octanol–water partition coefficient (Wildman–Crippen LogP) is 2.27. The van der Waals surface area contributed by atoms with Gasteiger partial charge in [-0.2, -0.15) is 0 Å². The normalized spacial score (nSPS) is 41.0. The fourth-order valence-electron chi connectivity index (χ4n) is 3.22. The number of terminal acetylenes is 1. The second-order valence-corrected chi connectivity index (χ2v) is 9.99. The van der Waals surface area contributed by atoms with Crippen molar-refractivity contribution in [1.29, 1.82) is 0 Å². The maximum atomic E-state index is 11.9. The number of hydrogen-bond donors (Lipinski definition) is 0. The van der Waals surface area contributed by atoms with Crippen molar-refractivity contribution in [3.05, 3.63) is 0 Å². The molecule has 0 saturated carbocycles. The van der Waals surface area contributed by atoms with E-state index < -0.39 is 27.9 Å². The van der Waals surface area contributed by atoms with Gasteiger partial charge >= 0.3 is 0 Å². The summed E-state index contributed by atoms with van der Waals surface area (Å²) in [6.45, 7) is 6.21. The van der Waals surface area contributed by atoms with E-state index in [1.165, 1.54) is 0 Å². The molecule has 0 aromatic carbocycles. The molecular weight excluding hydrogens is 316 g/mol. The lowest BCUT2D eigenvalue weighted by Crippen LogP contribution is -2.39. The number of rotatable bonds is 1. The molecule has 2 rings (SSSR count). The molecule has 0 amide bonds. The van der Waals surface area contributed by atoms with E-state index in [2.05, 4.69) is 31.6 Å². The van der Waals surface area contributed by atoms with Crippen LogP contribution < -0.4 is 0 Å². The molecule has 2 fully saturated rings.